The predicted molar refractivity (Wildman–Crippen MR) is 132 cm³/mol. The number of allylic oxidation sites excluding steroid dienone is 3. The first-order chi connectivity index (χ1) is 13.5. The molecule has 29 heavy (non-hydrogen) atoms. The van der Waals surface area contributed by atoms with Crippen LogP contribution in [0, 0.1) is 13.8 Å². The maximum absolute atomic E-state index is 3.46. The molecule has 4 rings (SSSR count). The molecule has 150 valence electrons. The molecular formula is C27H31HfP-2. The molecule has 0 amide bonds. The van der Waals surface area contributed by atoms with Gasteiger partial charge in [-0.25, -0.2) is 0 Å². The van der Waals surface area contributed by atoms with Gasteiger partial charge in [0, 0.05) is 25.8 Å². The number of fused-ring (bicyclic) bond motifs is 2. The maximum atomic E-state index is 3.46. The summed E-state index contributed by atoms with van der Waals surface area (Å²) in [5.41, 5.74) is 2.74. The normalized spacial score (nSPS) is 10.3. The molecule has 0 unspecified atom stereocenters. The van der Waals surface area contributed by atoms with Gasteiger partial charge in [-0.1, -0.05) is 49.4 Å². The van der Waals surface area contributed by atoms with Crippen molar-refractivity contribution in [3.63, 3.8) is 0 Å². The van der Waals surface area contributed by atoms with E-state index in [1.165, 1.54) is 38.0 Å². The van der Waals surface area contributed by atoms with Crippen molar-refractivity contribution in [1.82, 2.24) is 0 Å². The Balaban J connectivity index is 0.000000232. The molecule has 4 aromatic rings. The second-order valence-electron chi connectivity index (χ2n) is 7.05. The number of benzene rings is 2. The molecule has 0 bridgehead atoms. The van der Waals surface area contributed by atoms with E-state index in [0.717, 1.165) is 0 Å². The van der Waals surface area contributed by atoms with Gasteiger partial charge in [-0.15, -0.1) is 76.7 Å². The van der Waals surface area contributed by atoms with Crippen LogP contribution in [0.1, 0.15) is 18.1 Å². The van der Waals surface area contributed by atoms with E-state index in [0.29, 0.717) is 0 Å². The van der Waals surface area contributed by atoms with Crippen LogP contribution >= 0.6 is 7.92 Å². The summed E-state index contributed by atoms with van der Waals surface area (Å²) in [7, 11) is 0.0576. The van der Waals surface area contributed by atoms with E-state index in [4.69, 9.17) is 0 Å². The van der Waals surface area contributed by atoms with Crippen LogP contribution in [0.3, 0.4) is 0 Å². The Bertz CT molecular complexity index is 978. The Hall–Kier alpha value is -1.56. The van der Waals surface area contributed by atoms with Crippen LogP contribution in [-0.2, 0) is 25.8 Å². The third-order valence-corrected chi connectivity index (χ3v) is 5.99. The van der Waals surface area contributed by atoms with Crippen LogP contribution in [-0.4, -0.2) is 13.3 Å². The predicted octanol–water partition coefficient (Wildman–Crippen LogP) is 7.85. The number of rotatable bonds is 2. The molecule has 0 atom stereocenters. The average molecular weight is 565 g/mol. The first kappa shape index (κ1) is 25.5. The van der Waals surface area contributed by atoms with E-state index in [1.807, 2.05) is 19.1 Å². The van der Waals surface area contributed by atoms with Gasteiger partial charge in [-0.3, -0.25) is 0 Å². The van der Waals surface area contributed by atoms with Crippen molar-refractivity contribution in [3.8, 4) is 0 Å². The van der Waals surface area contributed by atoms with Gasteiger partial charge in [0.05, 0.1) is 0 Å². The number of hydrogen-bond donors (Lipinski definition) is 0. The topological polar surface area (TPSA) is 0 Å². The summed E-state index contributed by atoms with van der Waals surface area (Å²) >= 11 is 0. The molecular weight excluding hydrogens is 534 g/mol. The zero-order valence-electron chi connectivity index (χ0n) is 18.2. The van der Waals surface area contributed by atoms with Gasteiger partial charge in [-0.05, 0) is 27.2 Å². The largest absolute Gasteiger partial charge is 0.168 e. The SMILES string of the molecule is C=CC=CC.CP(C)c1cc2ccccc2[cH-]1.Cc1ccc(C)c2[cH-]ccc12.[Hf]. The average Bonchev–Trinajstić information content (AvgIpc) is 3.34. The fraction of sp³-hybridized carbons (Fsp3) is 0.185. The van der Waals surface area contributed by atoms with Crippen LogP contribution in [0.15, 0.2) is 91.5 Å². The Labute approximate surface area is 196 Å². The fourth-order valence-corrected chi connectivity index (χ4v) is 3.86. The molecule has 4 aromatic carbocycles. The van der Waals surface area contributed by atoms with Crippen LogP contribution in [0.2, 0.25) is 0 Å². The molecule has 0 aliphatic heterocycles. The van der Waals surface area contributed by atoms with E-state index >= 15 is 0 Å². The van der Waals surface area contributed by atoms with Gasteiger partial charge in [-0.2, -0.15) is 18.2 Å². The molecule has 0 radical (unpaired) electrons. The Kier molecular flexibility index (Phi) is 11.3. The van der Waals surface area contributed by atoms with Crippen molar-refractivity contribution < 1.29 is 25.8 Å². The molecule has 0 aliphatic rings. The molecule has 0 fully saturated rings. The summed E-state index contributed by atoms with van der Waals surface area (Å²) in [6.07, 6.45) is 5.58. The van der Waals surface area contributed by atoms with Gasteiger partial charge in [0.2, 0.25) is 0 Å². The number of aryl methyl sites for hydroxylation is 2. The molecule has 2 heteroatoms. The molecule has 0 spiro atoms. The first-order valence-corrected chi connectivity index (χ1v) is 11.9. The zero-order valence-corrected chi connectivity index (χ0v) is 22.7. The summed E-state index contributed by atoms with van der Waals surface area (Å²) in [4.78, 5) is 0. The van der Waals surface area contributed by atoms with E-state index < -0.39 is 0 Å². The molecule has 0 aliphatic carbocycles. The van der Waals surface area contributed by atoms with Crippen LogP contribution in [0.4, 0.5) is 0 Å². The van der Waals surface area contributed by atoms with Gasteiger partial charge in [0.1, 0.15) is 0 Å². The van der Waals surface area contributed by atoms with Crippen molar-refractivity contribution in [3.05, 3.63) is 103 Å². The summed E-state index contributed by atoms with van der Waals surface area (Å²) in [5.74, 6) is 0. The minimum atomic E-state index is 0. The van der Waals surface area contributed by atoms with E-state index in [1.54, 1.807) is 6.08 Å². The third kappa shape index (κ3) is 7.32. The smallest absolute Gasteiger partial charge is 0 e. The van der Waals surface area contributed by atoms with Crippen molar-refractivity contribution in [2.24, 2.45) is 0 Å². The summed E-state index contributed by atoms with van der Waals surface area (Å²) < 4.78 is 0. The Morgan fingerprint density at radius 1 is 0.966 bits per heavy atom. The second-order valence-corrected chi connectivity index (χ2v) is 9.36. The van der Waals surface area contributed by atoms with Crippen molar-refractivity contribution in [2.75, 3.05) is 13.3 Å². The minimum Gasteiger partial charge on any atom is -0.168 e. The minimum absolute atomic E-state index is 0. The summed E-state index contributed by atoms with van der Waals surface area (Å²) in [6, 6.07) is 24.0. The molecule has 0 nitrogen and oxygen atoms in total. The Morgan fingerprint density at radius 2 is 1.66 bits per heavy atom. The summed E-state index contributed by atoms with van der Waals surface area (Å²) in [5, 5.41) is 7.05. The summed E-state index contributed by atoms with van der Waals surface area (Å²) in [6.45, 7) is 14.3. The first-order valence-electron chi connectivity index (χ1n) is 9.66. The number of hydrogen-bond acceptors (Lipinski definition) is 0. The third-order valence-electron chi connectivity index (χ3n) is 4.70. The second kappa shape index (κ2) is 12.9. The van der Waals surface area contributed by atoms with Gasteiger partial charge < -0.3 is 0 Å². The van der Waals surface area contributed by atoms with Gasteiger partial charge in [0.25, 0.3) is 0 Å². The monoisotopic (exact) mass is 566 g/mol. The molecule has 0 saturated heterocycles. The molecule has 0 saturated carbocycles. The van der Waals surface area contributed by atoms with Gasteiger partial charge in [0.15, 0.2) is 0 Å². The van der Waals surface area contributed by atoms with Crippen LogP contribution in [0.25, 0.3) is 21.5 Å². The molecule has 0 aromatic heterocycles. The van der Waals surface area contributed by atoms with E-state index in [2.05, 4.69) is 100 Å². The van der Waals surface area contributed by atoms with Crippen molar-refractivity contribution >= 4 is 34.8 Å². The molecule has 0 N–H and O–H groups in total. The Morgan fingerprint density at radius 3 is 2.21 bits per heavy atom. The fourth-order valence-electron chi connectivity index (χ4n) is 3.07. The quantitative estimate of drug-likeness (QED) is 0.101. The van der Waals surface area contributed by atoms with Gasteiger partial charge >= 0.3 is 0 Å². The van der Waals surface area contributed by atoms with Crippen molar-refractivity contribution in [1.29, 1.82) is 0 Å². The van der Waals surface area contributed by atoms with E-state index in [9.17, 15) is 0 Å². The van der Waals surface area contributed by atoms with Crippen molar-refractivity contribution in [2.45, 2.75) is 20.8 Å². The molecule has 0 heterocycles. The standard InChI is InChI=1S/C11H12P.C11H11.C5H8.Hf/c1-12(2)11-7-9-5-3-4-6-10(9)8-11;1-8-6-7-9(2)11-5-3-4-10(8)11;1-3-5-4-2;/h3-8H,1-2H3;3-7H,1-2H3;3-5H,1H2,2H3;/q2*-1;;. The van der Waals surface area contributed by atoms with Crippen LogP contribution < -0.4 is 5.30 Å². The zero-order chi connectivity index (χ0) is 20.5. The maximum Gasteiger partial charge on any atom is 0 e. The van der Waals surface area contributed by atoms with Crippen LogP contribution in [0.5, 0.6) is 0 Å². The van der Waals surface area contributed by atoms with E-state index in [-0.39, 0.29) is 33.8 Å².